The van der Waals surface area contributed by atoms with E-state index in [1.54, 1.807) is 0 Å². The first-order valence-electron chi connectivity index (χ1n) is 8.54. The van der Waals surface area contributed by atoms with Gasteiger partial charge in [0.1, 0.15) is 17.7 Å². The molecule has 1 amide bonds. The molecule has 142 valence electrons. The zero-order valence-electron chi connectivity index (χ0n) is 14.6. The number of amides is 1. The molecule has 9 heteroatoms. The summed E-state index contributed by atoms with van der Waals surface area (Å²) in [5.74, 6) is -0.412. The zero-order chi connectivity index (χ0) is 18.5. The van der Waals surface area contributed by atoms with E-state index in [-0.39, 0.29) is 36.6 Å². The Morgan fingerprint density at radius 2 is 2.19 bits per heavy atom. The minimum Gasteiger partial charge on any atom is -0.494 e. The highest BCUT2D eigenvalue weighted by Crippen LogP contribution is 2.25. The van der Waals surface area contributed by atoms with Crippen molar-refractivity contribution in [1.82, 2.24) is 15.5 Å². The number of ketones is 1. The Morgan fingerprint density at radius 3 is 2.92 bits per heavy atom. The fourth-order valence-corrected chi connectivity index (χ4v) is 3.09. The highest BCUT2D eigenvalue weighted by Gasteiger charge is 2.33. The topological polar surface area (TPSA) is 91.9 Å². The maximum Gasteiger partial charge on any atom is 0.227 e. The molecule has 2 unspecified atom stereocenters. The van der Waals surface area contributed by atoms with Crippen molar-refractivity contribution < 1.29 is 23.5 Å². The molecule has 0 aliphatic carbocycles. The predicted molar refractivity (Wildman–Crippen MR) is 92.3 cm³/mol. The summed E-state index contributed by atoms with van der Waals surface area (Å²) in [6, 6.07) is 3.91. The third kappa shape index (κ3) is 4.55. The number of ether oxygens (including phenoxy) is 2. The zero-order valence-corrected chi connectivity index (χ0v) is 14.6. The van der Waals surface area contributed by atoms with Crippen molar-refractivity contribution in [2.24, 2.45) is 0 Å². The molecular formula is C17H23FN4O4. The largest absolute Gasteiger partial charge is 0.494 e. The molecule has 2 atom stereocenters. The van der Waals surface area contributed by atoms with Gasteiger partial charge in [-0.05, 0) is 12.1 Å². The summed E-state index contributed by atoms with van der Waals surface area (Å²) in [4.78, 5) is 26.5. The SMILES string of the molecule is COc1cc(F)ccc1NC(=O)CC1NCC(=O)C(N2CCOCC2)N1. The Kier molecular flexibility index (Phi) is 6.15. The lowest BCUT2D eigenvalue weighted by molar-refractivity contribution is -0.131. The number of nitrogens with one attached hydrogen (secondary N) is 3. The van der Waals surface area contributed by atoms with Crippen LogP contribution in [0.1, 0.15) is 6.42 Å². The number of hydrogen-bond acceptors (Lipinski definition) is 7. The van der Waals surface area contributed by atoms with Gasteiger partial charge in [0.05, 0.1) is 45.1 Å². The molecule has 2 saturated heterocycles. The number of rotatable bonds is 5. The van der Waals surface area contributed by atoms with Crippen LogP contribution in [0.2, 0.25) is 0 Å². The van der Waals surface area contributed by atoms with Gasteiger partial charge >= 0.3 is 0 Å². The Bertz CT molecular complexity index is 666. The van der Waals surface area contributed by atoms with Crippen molar-refractivity contribution in [3.05, 3.63) is 24.0 Å². The molecule has 2 fully saturated rings. The maximum atomic E-state index is 13.2. The van der Waals surface area contributed by atoms with Crippen molar-refractivity contribution in [2.75, 3.05) is 45.3 Å². The Balaban J connectivity index is 1.58. The molecule has 2 aliphatic heterocycles. The molecule has 0 bridgehead atoms. The van der Waals surface area contributed by atoms with Gasteiger partial charge in [-0.2, -0.15) is 0 Å². The van der Waals surface area contributed by atoms with Gasteiger partial charge in [-0.1, -0.05) is 0 Å². The number of methoxy groups -OCH3 is 1. The molecule has 0 radical (unpaired) electrons. The average Bonchev–Trinajstić information content (AvgIpc) is 2.65. The third-order valence-electron chi connectivity index (χ3n) is 4.42. The molecular weight excluding hydrogens is 343 g/mol. The summed E-state index contributed by atoms with van der Waals surface area (Å²) in [6.07, 6.45) is -0.639. The van der Waals surface area contributed by atoms with E-state index >= 15 is 0 Å². The molecule has 26 heavy (non-hydrogen) atoms. The Hall–Kier alpha value is -2.07. The van der Waals surface area contributed by atoms with E-state index in [4.69, 9.17) is 9.47 Å². The highest BCUT2D eigenvalue weighted by atomic mass is 19.1. The second-order valence-electron chi connectivity index (χ2n) is 6.21. The van der Waals surface area contributed by atoms with Crippen molar-refractivity contribution in [3.63, 3.8) is 0 Å². The van der Waals surface area contributed by atoms with Crippen molar-refractivity contribution in [2.45, 2.75) is 18.8 Å². The molecule has 2 heterocycles. The van der Waals surface area contributed by atoms with Crippen LogP contribution in [0.15, 0.2) is 18.2 Å². The first-order valence-corrected chi connectivity index (χ1v) is 8.54. The monoisotopic (exact) mass is 366 g/mol. The van der Waals surface area contributed by atoms with Crippen molar-refractivity contribution in [3.8, 4) is 5.75 Å². The van der Waals surface area contributed by atoms with E-state index in [9.17, 15) is 14.0 Å². The van der Waals surface area contributed by atoms with Gasteiger partial charge in [0.25, 0.3) is 0 Å². The maximum absolute atomic E-state index is 13.2. The summed E-state index contributed by atoms with van der Waals surface area (Å²) in [5.41, 5.74) is 0.399. The van der Waals surface area contributed by atoms with Gasteiger partial charge in [-0.15, -0.1) is 0 Å². The van der Waals surface area contributed by atoms with Gasteiger partial charge in [0.2, 0.25) is 5.91 Å². The van der Waals surface area contributed by atoms with E-state index in [1.165, 1.54) is 25.3 Å². The number of anilines is 1. The van der Waals surface area contributed by atoms with Gasteiger partial charge in [0.15, 0.2) is 5.78 Å². The van der Waals surface area contributed by atoms with E-state index in [2.05, 4.69) is 16.0 Å². The molecule has 3 N–H and O–H groups in total. The molecule has 0 saturated carbocycles. The average molecular weight is 366 g/mol. The summed E-state index contributed by atoms with van der Waals surface area (Å²) < 4.78 is 23.6. The minimum atomic E-state index is -0.442. The first-order chi connectivity index (χ1) is 12.6. The molecule has 0 aromatic heterocycles. The lowest BCUT2D eigenvalue weighted by Crippen LogP contribution is -2.66. The van der Waals surface area contributed by atoms with Gasteiger partial charge in [-0.3, -0.25) is 25.1 Å². The summed E-state index contributed by atoms with van der Waals surface area (Å²) in [7, 11) is 1.41. The summed E-state index contributed by atoms with van der Waals surface area (Å²) in [5, 5.41) is 8.92. The fourth-order valence-electron chi connectivity index (χ4n) is 3.09. The minimum absolute atomic E-state index is 0.0451. The van der Waals surface area contributed by atoms with Crippen LogP contribution in [0.4, 0.5) is 10.1 Å². The van der Waals surface area contributed by atoms with E-state index < -0.39 is 12.0 Å². The molecule has 0 spiro atoms. The fraction of sp³-hybridized carbons (Fsp3) is 0.529. The van der Waals surface area contributed by atoms with Crippen LogP contribution in [-0.2, 0) is 14.3 Å². The number of nitrogens with zero attached hydrogens (tertiary/aromatic N) is 1. The van der Waals surface area contributed by atoms with Crippen LogP contribution >= 0.6 is 0 Å². The summed E-state index contributed by atoms with van der Waals surface area (Å²) in [6.45, 7) is 2.74. The number of carbonyl (C=O) groups excluding carboxylic acids is 2. The lowest BCUT2D eigenvalue weighted by atomic mass is 10.1. The van der Waals surface area contributed by atoms with Crippen LogP contribution in [0.25, 0.3) is 0 Å². The first kappa shape index (κ1) is 18.7. The van der Waals surface area contributed by atoms with Crippen LogP contribution < -0.4 is 20.7 Å². The standard InChI is InChI=1S/C17H23FN4O4/c1-25-14-8-11(18)2-3-12(14)20-16(24)9-15-19-10-13(23)17(21-15)22-4-6-26-7-5-22/h2-3,8,15,17,19,21H,4-7,9-10H2,1H3,(H,20,24). The van der Waals surface area contributed by atoms with Gasteiger partial charge in [-0.25, -0.2) is 4.39 Å². The third-order valence-corrected chi connectivity index (χ3v) is 4.42. The Morgan fingerprint density at radius 1 is 1.42 bits per heavy atom. The van der Waals surface area contributed by atoms with E-state index in [0.717, 1.165) is 0 Å². The lowest BCUT2D eigenvalue weighted by Gasteiger charge is -2.39. The molecule has 1 aromatic carbocycles. The van der Waals surface area contributed by atoms with Crippen LogP contribution in [-0.4, -0.2) is 68.9 Å². The van der Waals surface area contributed by atoms with E-state index in [1.807, 2.05) is 4.90 Å². The Labute approximate surface area is 151 Å². The summed E-state index contributed by atoms with van der Waals surface area (Å²) >= 11 is 0. The normalized spacial score (nSPS) is 24.3. The van der Waals surface area contributed by atoms with Crippen molar-refractivity contribution >= 4 is 17.4 Å². The number of halogens is 1. The quantitative estimate of drug-likeness (QED) is 0.671. The molecule has 2 aliphatic rings. The molecule has 8 nitrogen and oxygen atoms in total. The second kappa shape index (κ2) is 8.54. The number of hydrogen-bond donors (Lipinski definition) is 3. The van der Waals surface area contributed by atoms with Crippen molar-refractivity contribution in [1.29, 1.82) is 0 Å². The highest BCUT2D eigenvalue weighted by molar-refractivity contribution is 5.93. The van der Waals surface area contributed by atoms with Crippen LogP contribution in [0, 0.1) is 5.82 Å². The van der Waals surface area contributed by atoms with Crippen LogP contribution in [0.5, 0.6) is 5.75 Å². The molecule has 3 rings (SSSR count). The van der Waals surface area contributed by atoms with Crippen LogP contribution in [0.3, 0.4) is 0 Å². The van der Waals surface area contributed by atoms with Gasteiger partial charge < -0.3 is 14.8 Å². The van der Waals surface area contributed by atoms with Gasteiger partial charge in [0, 0.05) is 19.2 Å². The predicted octanol–water partition coefficient (Wildman–Crippen LogP) is -0.0908. The number of Topliss-reactive ketones (excluding diaryl/α,β-unsaturated/α-hetero) is 1. The smallest absolute Gasteiger partial charge is 0.227 e. The van der Waals surface area contributed by atoms with E-state index in [0.29, 0.717) is 32.0 Å². The molecule has 1 aromatic rings. The second-order valence-corrected chi connectivity index (χ2v) is 6.21. The number of benzene rings is 1. The number of carbonyl (C=O) groups is 2. The number of morpholine rings is 1.